The van der Waals surface area contributed by atoms with Crippen molar-refractivity contribution in [3.63, 3.8) is 0 Å². The molecule has 21 heavy (non-hydrogen) atoms. The highest BCUT2D eigenvalue weighted by Gasteiger charge is 2.23. The van der Waals surface area contributed by atoms with Crippen LogP contribution in [-0.4, -0.2) is 61.5 Å². The van der Waals surface area contributed by atoms with Crippen molar-refractivity contribution in [1.29, 1.82) is 0 Å². The van der Waals surface area contributed by atoms with E-state index in [9.17, 15) is 4.79 Å². The number of rotatable bonds is 6. The van der Waals surface area contributed by atoms with Gasteiger partial charge in [-0.25, -0.2) is 0 Å². The number of carbonyl (C=O) groups is 1. The Balaban J connectivity index is 1.72. The second kappa shape index (κ2) is 9.21. The van der Waals surface area contributed by atoms with Gasteiger partial charge in [0.15, 0.2) is 0 Å². The molecule has 0 bridgehead atoms. The molecular formula is C17H31N3O. The van der Waals surface area contributed by atoms with Gasteiger partial charge >= 0.3 is 0 Å². The Morgan fingerprint density at radius 1 is 1.10 bits per heavy atom. The van der Waals surface area contributed by atoms with Crippen LogP contribution in [0.5, 0.6) is 0 Å². The van der Waals surface area contributed by atoms with Gasteiger partial charge in [0.05, 0.1) is 6.54 Å². The highest BCUT2D eigenvalue weighted by atomic mass is 16.2. The Labute approximate surface area is 129 Å². The lowest BCUT2D eigenvalue weighted by Crippen LogP contribution is -2.45. The maximum absolute atomic E-state index is 11.8. The molecule has 0 aliphatic carbocycles. The van der Waals surface area contributed by atoms with E-state index < -0.39 is 0 Å². The van der Waals surface area contributed by atoms with Crippen molar-refractivity contribution in [2.75, 3.05) is 45.8 Å². The first-order chi connectivity index (χ1) is 10.3. The van der Waals surface area contributed by atoms with Crippen LogP contribution >= 0.6 is 0 Å². The molecule has 2 fully saturated rings. The molecule has 2 heterocycles. The lowest BCUT2D eigenvalue weighted by atomic mass is 9.97. The molecule has 120 valence electrons. The maximum Gasteiger partial charge on any atom is 0.234 e. The Morgan fingerprint density at radius 3 is 2.52 bits per heavy atom. The van der Waals surface area contributed by atoms with Gasteiger partial charge in [-0.1, -0.05) is 18.9 Å². The van der Waals surface area contributed by atoms with Crippen LogP contribution in [0.3, 0.4) is 0 Å². The number of hydrogen-bond acceptors (Lipinski definition) is 3. The third-order valence-corrected chi connectivity index (χ3v) is 4.63. The molecule has 2 rings (SSSR count). The summed E-state index contributed by atoms with van der Waals surface area (Å²) in [4.78, 5) is 16.8. The number of carbonyl (C=O) groups excluding carboxylic acids is 1. The first kappa shape index (κ1) is 16.5. The number of amides is 1. The third kappa shape index (κ3) is 6.18. The van der Waals surface area contributed by atoms with Crippen LogP contribution in [0.1, 0.15) is 38.5 Å². The van der Waals surface area contributed by atoms with Crippen molar-refractivity contribution >= 4 is 5.91 Å². The van der Waals surface area contributed by atoms with E-state index in [2.05, 4.69) is 21.7 Å². The average molecular weight is 293 g/mol. The smallest absolute Gasteiger partial charge is 0.234 e. The van der Waals surface area contributed by atoms with Crippen LogP contribution in [0.2, 0.25) is 0 Å². The van der Waals surface area contributed by atoms with Crippen LogP contribution in [0.15, 0.2) is 12.7 Å². The van der Waals surface area contributed by atoms with Crippen molar-refractivity contribution in [1.82, 2.24) is 15.1 Å². The first-order valence-electron chi connectivity index (χ1n) is 8.60. The van der Waals surface area contributed by atoms with Crippen molar-refractivity contribution in [3.8, 4) is 0 Å². The quantitative estimate of drug-likeness (QED) is 0.760. The summed E-state index contributed by atoms with van der Waals surface area (Å²) in [5, 5.41) is 2.88. The number of nitrogens with zero attached hydrogens (tertiary/aromatic N) is 2. The molecule has 4 nitrogen and oxygen atoms in total. The van der Waals surface area contributed by atoms with Crippen LogP contribution in [-0.2, 0) is 4.79 Å². The number of likely N-dealkylation sites (tertiary alicyclic amines) is 2. The topological polar surface area (TPSA) is 35.6 Å². The summed E-state index contributed by atoms with van der Waals surface area (Å²) in [5.41, 5.74) is 0. The normalized spacial score (nSPS) is 25.2. The molecule has 2 aliphatic heterocycles. The zero-order chi connectivity index (χ0) is 14.9. The van der Waals surface area contributed by atoms with E-state index in [1.807, 2.05) is 0 Å². The molecule has 0 saturated carbocycles. The maximum atomic E-state index is 11.8. The van der Waals surface area contributed by atoms with E-state index in [-0.39, 0.29) is 5.91 Å². The monoisotopic (exact) mass is 293 g/mol. The summed E-state index contributed by atoms with van der Waals surface area (Å²) in [5.74, 6) is 0.870. The number of hydrogen-bond donors (Lipinski definition) is 1. The molecule has 0 spiro atoms. The Hall–Kier alpha value is -0.870. The largest absolute Gasteiger partial charge is 0.352 e. The van der Waals surface area contributed by atoms with Gasteiger partial charge in [0.2, 0.25) is 5.91 Å². The van der Waals surface area contributed by atoms with E-state index >= 15 is 0 Å². The molecule has 0 aromatic carbocycles. The highest BCUT2D eigenvalue weighted by Crippen LogP contribution is 2.19. The predicted octanol–water partition coefficient (Wildman–Crippen LogP) is 1.88. The Bertz CT molecular complexity index is 324. The molecule has 2 aliphatic rings. The van der Waals surface area contributed by atoms with Gasteiger partial charge in [-0.2, -0.15) is 0 Å². The highest BCUT2D eigenvalue weighted by molar-refractivity contribution is 5.78. The van der Waals surface area contributed by atoms with Gasteiger partial charge < -0.3 is 10.2 Å². The molecule has 1 N–H and O–H groups in total. The minimum absolute atomic E-state index is 0.130. The van der Waals surface area contributed by atoms with E-state index in [4.69, 9.17) is 0 Å². The molecule has 1 atom stereocenters. The van der Waals surface area contributed by atoms with Gasteiger partial charge in [-0.05, 0) is 51.2 Å². The molecule has 0 aromatic heterocycles. The standard InChI is InChI=1S/C17H31N3O/c1-2-9-18-17(21)15-20-12-7-8-16(14-20)13-19-10-5-3-4-6-11-19/h2,16H,1,3-15H2,(H,18,21)/t16-/m1/s1. The molecular weight excluding hydrogens is 262 g/mol. The second-order valence-electron chi connectivity index (χ2n) is 6.55. The number of piperidine rings is 1. The minimum Gasteiger partial charge on any atom is -0.352 e. The second-order valence-corrected chi connectivity index (χ2v) is 6.55. The zero-order valence-electron chi connectivity index (χ0n) is 13.4. The van der Waals surface area contributed by atoms with Gasteiger partial charge in [0.25, 0.3) is 0 Å². The summed E-state index contributed by atoms with van der Waals surface area (Å²) in [6.07, 6.45) is 9.80. The van der Waals surface area contributed by atoms with Gasteiger partial charge in [-0.15, -0.1) is 6.58 Å². The molecule has 2 saturated heterocycles. The zero-order valence-corrected chi connectivity index (χ0v) is 13.4. The summed E-state index contributed by atoms with van der Waals surface area (Å²) in [6.45, 7) is 10.7. The third-order valence-electron chi connectivity index (χ3n) is 4.63. The number of nitrogens with one attached hydrogen (secondary N) is 1. The van der Waals surface area contributed by atoms with Gasteiger partial charge in [-0.3, -0.25) is 9.69 Å². The molecule has 4 heteroatoms. The molecule has 0 unspecified atom stereocenters. The van der Waals surface area contributed by atoms with Gasteiger partial charge in [0.1, 0.15) is 0 Å². The lowest BCUT2D eigenvalue weighted by molar-refractivity contribution is -0.122. The molecule has 0 radical (unpaired) electrons. The summed E-state index contributed by atoms with van der Waals surface area (Å²) >= 11 is 0. The fourth-order valence-electron chi connectivity index (χ4n) is 3.57. The fraction of sp³-hybridized carbons (Fsp3) is 0.824. The average Bonchev–Trinajstić information content (AvgIpc) is 2.74. The van der Waals surface area contributed by atoms with Crippen molar-refractivity contribution < 1.29 is 4.79 Å². The van der Waals surface area contributed by atoms with Crippen LogP contribution in [0.4, 0.5) is 0 Å². The minimum atomic E-state index is 0.130. The van der Waals surface area contributed by atoms with E-state index in [1.165, 1.54) is 58.2 Å². The van der Waals surface area contributed by atoms with E-state index in [0.717, 1.165) is 19.0 Å². The summed E-state index contributed by atoms with van der Waals surface area (Å²) in [6, 6.07) is 0. The van der Waals surface area contributed by atoms with Gasteiger partial charge in [0, 0.05) is 19.6 Å². The Kier molecular flexibility index (Phi) is 7.24. The first-order valence-corrected chi connectivity index (χ1v) is 8.60. The van der Waals surface area contributed by atoms with Crippen LogP contribution in [0.25, 0.3) is 0 Å². The lowest BCUT2D eigenvalue weighted by Gasteiger charge is -2.35. The van der Waals surface area contributed by atoms with Crippen LogP contribution in [0, 0.1) is 5.92 Å². The van der Waals surface area contributed by atoms with Crippen LogP contribution < -0.4 is 5.32 Å². The van der Waals surface area contributed by atoms with Crippen molar-refractivity contribution in [2.45, 2.75) is 38.5 Å². The van der Waals surface area contributed by atoms with E-state index in [0.29, 0.717) is 13.1 Å². The fourth-order valence-corrected chi connectivity index (χ4v) is 3.57. The molecule has 1 amide bonds. The molecule has 0 aromatic rings. The summed E-state index contributed by atoms with van der Waals surface area (Å²) in [7, 11) is 0. The van der Waals surface area contributed by atoms with Crippen molar-refractivity contribution in [2.24, 2.45) is 5.92 Å². The van der Waals surface area contributed by atoms with Crippen molar-refractivity contribution in [3.05, 3.63) is 12.7 Å². The summed E-state index contributed by atoms with van der Waals surface area (Å²) < 4.78 is 0. The van der Waals surface area contributed by atoms with E-state index in [1.54, 1.807) is 6.08 Å². The SMILES string of the molecule is C=CCNC(=O)CN1CCC[C@H](CN2CCCCCC2)C1. The Morgan fingerprint density at radius 2 is 1.81 bits per heavy atom. The predicted molar refractivity (Wildman–Crippen MR) is 87.3 cm³/mol.